The predicted octanol–water partition coefficient (Wildman–Crippen LogP) is 3.38. The number of nitrogens with zero attached hydrogens (tertiary/aromatic N) is 1. The molecule has 2 aromatic rings. The highest BCUT2D eigenvalue weighted by Crippen LogP contribution is 2.26. The number of carbonyl (C=O) groups excluding carboxylic acids is 2. The average Bonchev–Trinajstić information content (AvgIpc) is 2.70. The fourth-order valence-corrected chi connectivity index (χ4v) is 4.84. The number of rotatable bonds is 5. The first-order chi connectivity index (χ1) is 13.7. The van der Waals surface area contributed by atoms with Gasteiger partial charge in [-0.15, -0.1) is 0 Å². The molecule has 1 fully saturated rings. The van der Waals surface area contributed by atoms with Gasteiger partial charge in [-0.1, -0.05) is 12.1 Å². The minimum Gasteiger partial charge on any atom is -0.326 e. The number of aryl methyl sites for hydroxylation is 1. The van der Waals surface area contributed by atoms with Gasteiger partial charge in [0.25, 0.3) is 0 Å². The molecule has 3 rings (SSSR count). The number of anilines is 1. The molecule has 2 aromatic carbocycles. The minimum atomic E-state index is -3.68. The van der Waals surface area contributed by atoms with E-state index in [9.17, 15) is 22.4 Å². The summed E-state index contributed by atoms with van der Waals surface area (Å²) in [5.41, 5.74) is 1.64. The summed E-state index contributed by atoms with van der Waals surface area (Å²) >= 11 is 0. The van der Waals surface area contributed by atoms with Crippen LogP contribution in [-0.4, -0.2) is 37.5 Å². The molecule has 0 aromatic heterocycles. The molecule has 8 heteroatoms. The second-order valence-electron chi connectivity index (χ2n) is 7.21. The van der Waals surface area contributed by atoms with E-state index < -0.39 is 10.0 Å². The molecule has 29 heavy (non-hydrogen) atoms. The first-order valence-corrected chi connectivity index (χ1v) is 10.8. The van der Waals surface area contributed by atoms with Gasteiger partial charge in [-0.3, -0.25) is 9.59 Å². The van der Waals surface area contributed by atoms with Crippen LogP contribution in [0.4, 0.5) is 10.1 Å². The monoisotopic (exact) mass is 418 g/mol. The molecular formula is C21H23FN2O4S. The maximum atomic E-state index is 13.2. The fourth-order valence-electron chi connectivity index (χ4n) is 3.37. The van der Waals surface area contributed by atoms with Gasteiger partial charge in [-0.25, -0.2) is 12.8 Å². The first-order valence-electron chi connectivity index (χ1n) is 9.36. The van der Waals surface area contributed by atoms with Crippen molar-refractivity contribution in [3.8, 4) is 0 Å². The molecular weight excluding hydrogens is 395 g/mol. The minimum absolute atomic E-state index is 0.128. The van der Waals surface area contributed by atoms with E-state index in [-0.39, 0.29) is 41.4 Å². The normalized spacial score (nSPS) is 15.8. The van der Waals surface area contributed by atoms with Gasteiger partial charge >= 0.3 is 0 Å². The molecule has 6 nitrogen and oxygen atoms in total. The summed E-state index contributed by atoms with van der Waals surface area (Å²) in [6.45, 7) is 3.60. The molecule has 154 valence electrons. The van der Waals surface area contributed by atoms with E-state index in [2.05, 4.69) is 5.32 Å². The van der Waals surface area contributed by atoms with E-state index in [0.717, 1.165) is 0 Å². The Morgan fingerprint density at radius 1 is 1.07 bits per heavy atom. The maximum absolute atomic E-state index is 13.2. The number of piperidine rings is 1. The fraction of sp³-hybridized carbons (Fsp3) is 0.333. The molecule has 0 spiro atoms. The van der Waals surface area contributed by atoms with Crippen LogP contribution in [0, 0.1) is 18.7 Å². The number of ketones is 1. The number of halogens is 1. The van der Waals surface area contributed by atoms with E-state index in [1.165, 1.54) is 53.7 Å². The van der Waals surface area contributed by atoms with E-state index in [4.69, 9.17) is 0 Å². The van der Waals surface area contributed by atoms with Crippen LogP contribution in [0.5, 0.6) is 0 Å². The van der Waals surface area contributed by atoms with Crippen LogP contribution in [0.25, 0.3) is 0 Å². The van der Waals surface area contributed by atoms with Gasteiger partial charge in [0.1, 0.15) is 5.82 Å². The highest BCUT2D eigenvalue weighted by atomic mass is 32.2. The molecule has 0 unspecified atom stereocenters. The van der Waals surface area contributed by atoms with Crippen LogP contribution in [0.3, 0.4) is 0 Å². The largest absolute Gasteiger partial charge is 0.326 e. The Bertz CT molecular complexity index is 1030. The molecule has 1 aliphatic rings. The summed E-state index contributed by atoms with van der Waals surface area (Å²) in [5.74, 6) is -0.999. The number of hydrogen-bond acceptors (Lipinski definition) is 4. The van der Waals surface area contributed by atoms with Gasteiger partial charge in [-0.2, -0.15) is 4.31 Å². The number of sulfonamides is 1. The standard InChI is InChI=1S/C21H23FN2O4S/c1-14-13-18(22)5-8-20(14)23-21(26)17-9-11-24(12-10-17)29(27,28)19-6-3-16(4-7-19)15(2)25/h3-8,13,17H,9-12H2,1-2H3,(H,23,26). The molecule has 0 aliphatic carbocycles. The third kappa shape index (κ3) is 4.71. The zero-order valence-electron chi connectivity index (χ0n) is 16.3. The Hall–Kier alpha value is -2.58. The van der Waals surface area contributed by atoms with Crippen molar-refractivity contribution < 1.29 is 22.4 Å². The summed E-state index contributed by atoms with van der Waals surface area (Å²) in [6.07, 6.45) is 0.799. The van der Waals surface area contributed by atoms with E-state index in [1.54, 1.807) is 6.92 Å². The lowest BCUT2D eigenvalue weighted by atomic mass is 9.97. The lowest BCUT2D eigenvalue weighted by Crippen LogP contribution is -2.41. The molecule has 0 radical (unpaired) electrons. The summed E-state index contributed by atoms with van der Waals surface area (Å²) in [7, 11) is -3.68. The van der Waals surface area contributed by atoms with Gasteiger partial charge in [0.15, 0.2) is 5.78 Å². The van der Waals surface area contributed by atoms with Crippen molar-refractivity contribution in [2.45, 2.75) is 31.6 Å². The van der Waals surface area contributed by atoms with Crippen molar-refractivity contribution in [3.63, 3.8) is 0 Å². The lowest BCUT2D eigenvalue weighted by Gasteiger charge is -2.30. The lowest BCUT2D eigenvalue weighted by molar-refractivity contribution is -0.120. The number of carbonyl (C=O) groups is 2. The highest BCUT2D eigenvalue weighted by molar-refractivity contribution is 7.89. The Morgan fingerprint density at radius 3 is 2.24 bits per heavy atom. The van der Waals surface area contributed by atoms with E-state index in [0.29, 0.717) is 29.7 Å². The van der Waals surface area contributed by atoms with Crippen molar-refractivity contribution in [2.75, 3.05) is 18.4 Å². The number of benzene rings is 2. The van der Waals surface area contributed by atoms with Crippen LogP contribution in [-0.2, 0) is 14.8 Å². The summed E-state index contributed by atoms with van der Waals surface area (Å²) in [5, 5.41) is 2.80. The Morgan fingerprint density at radius 2 is 1.69 bits per heavy atom. The van der Waals surface area contributed by atoms with Crippen molar-refractivity contribution >= 4 is 27.4 Å². The summed E-state index contributed by atoms with van der Waals surface area (Å²) in [4.78, 5) is 24.0. The number of nitrogens with one attached hydrogen (secondary N) is 1. The Balaban J connectivity index is 1.63. The Kier molecular flexibility index (Phi) is 6.14. The molecule has 0 saturated carbocycles. The van der Waals surface area contributed by atoms with Crippen molar-refractivity contribution in [1.29, 1.82) is 0 Å². The van der Waals surface area contributed by atoms with Crippen LogP contribution >= 0.6 is 0 Å². The zero-order chi connectivity index (χ0) is 21.2. The van der Waals surface area contributed by atoms with Gasteiger partial charge in [0.05, 0.1) is 4.90 Å². The second kappa shape index (κ2) is 8.42. The third-order valence-electron chi connectivity index (χ3n) is 5.17. The molecule has 0 atom stereocenters. The zero-order valence-corrected chi connectivity index (χ0v) is 17.1. The summed E-state index contributed by atoms with van der Waals surface area (Å²) in [6, 6.07) is 10.0. The van der Waals surface area contributed by atoms with E-state index in [1.807, 2.05) is 0 Å². The molecule has 0 bridgehead atoms. The third-order valence-corrected chi connectivity index (χ3v) is 7.08. The summed E-state index contributed by atoms with van der Waals surface area (Å²) < 4.78 is 40.2. The van der Waals surface area contributed by atoms with Gasteiger partial charge in [0.2, 0.25) is 15.9 Å². The van der Waals surface area contributed by atoms with Crippen molar-refractivity contribution in [1.82, 2.24) is 4.31 Å². The van der Waals surface area contributed by atoms with Crippen LogP contribution in [0.1, 0.15) is 35.7 Å². The molecule has 1 heterocycles. The average molecular weight is 418 g/mol. The SMILES string of the molecule is CC(=O)c1ccc(S(=O)(=O)N2CCC(C(=O)Nc3ccc(F)cc3C)CC2)cc1. The van der Waals surface area contributed by atoms with Crippen molar-refractivity contribution in [2.24, 2.45) is 5.92 Å². The molecule has 1 amide bonds. The molecule has 1 N–H and O–H groups in total. The maximum Gasteiger partial charge on any atom is 0.243 e. The first kappa shape index (κ1) is 21.1. The molecule has 1 aliphatic heterocycles. The van der Waals surface area contributed by atoms with Crippen LogP contribution < -0.4 is 5.32 Å². The second-order valence-corrected chi connectivity index (χ2v) is 9.15. The van der Waals surface area contributed by atoms with E-state index >= 15 is 0 Å². The van der Waals surface area contributed by atoms with Gasteiger partial charge < -0.3 is 5.32 Å². The number of hydrogen-bond donors (Lipinski definition) is 1. The molecule has 1 saturated heterocycles. The predicted molar refractivity (Wildman–Crippen MR) is 108 cm³/mol. The number of Topliss-reactive ketones (excluding diaryl/α,β-unsaturated/α-hetero) is 1. The van der Waals surface area contributed by atoms with Crippen molar-refractivity contribution in [3.05, 3.63) is 59.4 Å². The van der Waals surface area contributed by atoms with Crippen LogP contribution in [0.2, 0.25) is 0 Å². The number of amides is 1. The topological polar surface area (TPSA) is 83.6 Å². The highest BCUT2D eigenvalue weighted by Gasteiger charge is 2.32. The van der Waals surface area contributed by atoms with Crippen LogP contribution in [0.15, 0.2) is 47.4 Å². The van der Waals surface area contributed by atoms with Gasteiger partial charge in [-0.05, 0) is 62.6 Å². The Labute approximate surface area is 169 Å². The quantitative estimate of drug-likeness (QED) is 0.755. The smallest absolute Gasteiger partial charge is 0.243 e. The van der Waals surface area contributed by atoms with Gasteiger partial charge in [0, 0.05) is 30.3 Å².